The van der Waals surface area contributed by atoms with E-state index in [1.165, 1.54) is 24.2 Å². The lowest BCUT2D eigenvalue weighted by molar-refractivity contribution is 0.301. The summed E-state index contributed by atoms with van der Waals surface area (Å²) in [4.78, 5) is 1.24. The van der Waals surface area contributed by atoms with Crippen molar-refractivity contribution in [1.82, 2.24) is 5.32 Å². The van der Waals surface area contributed by atoms with Gasteiger partial charge in [-0.3, -0.25) is 5.32 Å². The first kappa shape index (κ1) is 14.7. The first-order chi connectivity index (χ1) is 10.2. The van der Waals surface area contributed by atoms with Crippen LogP contribution >= 0.6 is 11.8 Å². The largest absolute Gasteiger partial charge is 0.497 e. The van der Waals surface area contributed by atoms with Gasteiger partial charge in [0.05, 0.1) is 13.2 Å². The Bertz CT molecular complexity index is 538. The van der Waals surface area contributed by atoms with Gasteiger partial charge in [-0.2, -0.15) is 5.26 Å². The fourth-order valence-electron chi connectivity index (χ4n) is 3.08. The first-order valence-corrected chi connectivity index (χ1v) is 8.61. The van der Waals surface area contributed by atoms with Gasteiger partial charge < -0.3 is 4.74 Å². The van der Waals surface area contributed by atoms with E-state index in [1.54, 1.807) is 7.11 Å². The zero-order valence-corrected chi connectivity index (χ0v) is 13.3. The third-order valence-corrected chi connectivity index (χ3v) is 5.58. The number of methoxy groups -OCH3 is 1. The number of ether oxygens (including phenoxy) is 1. The predicted molar refractivity (Wildman–Crippen MR) is 85.6 cm³/mol. The Labute approximate surface area is 131 Å². The molecule has 0 aliphatic heterocycles. The molecular formula is C17H22N2OS. The molecule has 0 saturated heterocycles. The maximum absolute atomic E-state index is 9.64. The Morgan fingerprint density at radius 3 is 2.95 bits per heavy atom. The predicted octanol–water partition coefficient (Wildman–Crippen LogP) is 3.74. The number of hydrogen-bond acceptors (Lipinski definition) is 4. The maximum Gasteiger partial charge on any atom is 0.119 e. The quantitative estimate of drug-likeness (QED) is 0.900. The van der Waals surface area contributed by atoms with Crippen LogP contribution in [-0.4, -0.2) is 23.9 Å². The van der Waals surface area contributed by atoms with Crippen LogP contribution in [0.1, 0.15) is 38.5 Å². The van der Waals surface area contributed by atoms with Crippen LogP contribution in [0.5, 0.6) is 5.75 Å². The summed E-state index contributed by atoms with van der Waals surface area (Å²) in [5, 5.41) is 13.7. The molecule has 2 saturated carbocycles. The lowest BCUT2D eigenvalue weighted by Crippen LogP contribution is -2.49. The average molecular weight is 302 g/mol. The summed E-state index contributed by atoms with van der Waals surface area (Å²) in [5.41, 5.74) is -0.296. The van der Waals surface area contributed by atoms with Gasteiger partial charge in [-0.25, -0.2) is 0 Å². The molecule has 2 aliphatic carbocycles. The van der Waals surface area contributed by atoms with E-state index in [4.69, 9.17) is 4.74 Å². The average Bonchev–Trinajstić information content (AvgIpc) is 3.31. The van der Waals surface area contributed by atoms with E-state index >= 15 is 0 Å². The van der Waals surface area contributed by atoms with Gasteiger partial charge >= 0.3 is 0 Å². The molecule has 2 fully saturated rings. The van der Waals surface area contributed by atoms with Crippen molar-refractivity contribution in [2.24, 2.45) is 0 Å². The van der Waals surface area contributed by atoms with Crippen molar-refractivity contribution in [3.05, 3.63) is 24.3 Å². The summed E-state index contributed by atoms with van der Waals surface area (Å²) in [6.45, 7) is 0. The van der Waals surface area contributed by atoms with Crippen LogP contribution in [0.15, 0.2) is 29.2 Å². The van der Waals surface area contributed by atoms with E-state index in [0.717, 1.165) is 25.0 Å². The molecule has 0 spiro atoms. The molecule has 3 nitrogen and oxygen atoms in total. The Balaban J connectivity index is 1.66. The van der Waals surface area contributed by atoms with Crippen molar-refractivity contribution < 1.29 is 4.74 Å². The molecule has 2 atom stereocenters. The normalized spacial score (nSPS) is 28.9. The van der Waals surface area contributed by atoms with E-state index in [2.05, 4.69) is 23.5 Å². The molecule has 2 unspecified atom stereocenters. The molecule has 0 aromatic heterocycles. The van der Waals surface area contributed by atoms with Crippen LogP contribution in [0.2, 0.25) is 0 Å². The number of nitrogens with zero attached hydrogens (tertiary/aromatic N) is 1. The number of benzene rings is 1. The maximum atomic E-state index is 9.64. The molecule has 21 heavy (non-hydrogen) atoms. The van der Waals surface area contributed by atoms with Crippen LogP contribution in [0.3, 0.4) is 0 Å². The SMILES string of the molecule is COc1cccc(SC2CCCC(C#N)(NC3CC3)C2)c1. The van der Waals surface area contributed by atoms with Crippen molar-refractivity contribution in [1.29, 1.82) is 5.26 Å². The highest BCUT2D eigenvalue weighted by Crippen LogP contribution is 2.40. The Morgan fingerprint density at radius 2 is 2.24 bits per heavy atom. The molecule has 3 rings (SSSR count). The van der Waals surface area contributed by atoms with Crippen LogP contribution in [-0.2, 0) is 0 Å². The number of hydrogen-bond donors (Lipinski definition) is 1. The standard InChI is InChI=1S/C17H22N2OS/c1-20-14-4-2-5-15(10-14)21-16-6-3-9-17(11-16,12-18)19-13-7-8-13/h2,4-5,10,13,16,19H,3,6-9,11H2,1H3. The molecule has 1 N–H and O–H groups in total. The number of nitriles is 1. The smallest absolute Gasteiger partial charge is 0.119 e. The van der Waals surface area contributed by atoms with Crippen molar-refractivity contribution in [3.63, 3.8) is 0 Å². The van der Waals surface area contributed by atoms with E-state index in [9.17, 15) is 5.26 Å². The molecular weight excluding hydrogens is 280 g/mol. The van der Waals surface area contributed by atoms with Gasteiger partial charge in [0.1, 0.15) is 11.3 Å². The van der Waals surface area contributed by atoms with Crippen LogP contribution < -0.4 is 10.1 Å². The highest BCUT2D eigenvalue weighted by atomic mass is 32.2. The van der Waals surface area contributed by atoms with Gasteiger partial charge in [-0.05, 0) is 56.7 Å². The molecule has 4 heteroatoms. The number of thioether (sulfide) groups is 1. The molecule has 0 bridgehead atoms. The van der Waals surface area contributed by atoms with Gasteiger partial charge in [0.15, 0.2) is 0 Å². The highest BCUT2D eigenvalue weighted by Gasteiger charge is 2.40. The van der Waals surface area contributed by atoms with E-state index in [1.807, 2.05) is 23.9 Å². The third kappa shape index (κ3) is 3.72. The van der Waals surface area contributed by atoms with Gasteiger partial charge in [0.2, 0.25) is 0 Å². The zero-order valence-electron chi connectivity index (χ0n) is 12.5. The third-order valence-electron chi connectivity index (χ3n) is 4.32. The summed E-state index contributed by atoms with van der Waals surface area (Å²) in [7, 11) is 1.70. The van der Waals surface area contributed by atoms with Crippen molar-refractivity contribution in [2.45, 2.75) is 60.3 Å². The molecule has 1 aromatic carbocycles. The van der Waals surface area contributed by atoms with Gasteiger partial charge in [0.25, 0.3) is 0 Å². The second-order valence-corrected chi connectivity index (χ2v) is 7.50. The summed E-state index contributed by atoms with van der Waals surface area (Å²) < 4.78 is 5.29. The Hall–Kier alpha value is -1.18. The highest BCUT2D eigenvalue weighted by molar-refractivity contribution is 8.00. The lowest BCUT2D eigenvalue weighted by Gasteiger charge is -2.36. The fraction of sp³-hybridized carbons (Fsp3) is 0.588. The van der Waals surface area contributed by atoms with Gasteiger partial charge in [0, 0.05) is 16.2 Å². The number of rotatable bonds is 5. The van der Waals surface area contributed by atoms with E-state index in [-0.39, 0.29) is 5.54 Å². The zero-order chi connectivity index (χ0) is 14.7. The topological polar surface area (TPSA) is 45.0 Å². The summed E-state index contributed by atoms with van der Waals surface area (Å²) in [5.74, 6) is 0.901. The molecule has 0 radical (unpaired) electrons. The monoisotopic (exact) mass is 302 g/mol. The fourth-order valence-corrected chi connectivity index (χ4v) is 4.45. The lowest BCUT2D eigenvalue weighted by atomic mass is 9.82. The van der Waals surface area contributed by atoms with Crippen LogP contribution in [0, 0.1) is 11.3 Å². The van der Waals surface area contributed by atoms with Crippen LogP contribution in [0.4, 0.5) is 0 Å². The summed E-state index contributed by atoms with van der Waals surface area (Å²) in [6.07, 6.45) is 6.73. The van der Waals surface area contributed by atoms with Gasteiger partial charge in [-0.15, -0.1) is 11.8 Å². The number of nitrogens with one attached hydrogen (secondary N) is 1. The summed E-state index contributed by atoms with van der Waals surface area (Å²) in [6, 6.07) is 11.4. The van der Waals surface area contributed by atoms with Crippen molar-refractivity contribution in [2.75, 3.05) is 7.11 Å². The van der Waals surface area contributed by atoms with Crippen molar-refractivity contribution in [3.8, 4) is 11.8 Å². The minimum absolute atomic E-state index is 0.296. The van der Waals surface area contributed by atoms with E-state index in [0.29, 0.717) is 11.3 Å². The Morgan fingerprint density at radius 1 is 1.38 bits per heavy atom. The van der Waals surface area contributed by atoms with Crippen LogP contribution in [0.25, 0.3) is 0 Å². The second-order valence-electron chi connectivity index (χ2n) is 6.13. The molecule has 0 heterocycles. The Kier molecular flexibility index (Phi) is 4.42. The minimum atomic E-state index is -0.296. The van der Waals surface area contributed by atoms with Gasteiger partial charge in [-0.1, -0.05) is 6.07 Å². The first-order valence-electron chi connectivity index (χ1n) is 7.73. The molecule has 0 amide bonds. The summed E-state index contributed by atoms with van der Waals surface area (Å²) >= 11 is 1.89. The molecule has 2 aliphatic rings. The second kappa shape index (κ2) is 6.29. The molecule has 1 aromatic rings. The van der Waals surface area contributed by atoms with E-state index < -0.39 is 0 Å². The molecule has 112 valence electrons. The van der Waals surface area contributed by atoms with Crippen molar-refractivity contribution >= 4 is 11.8 Å². The minimum Gasteiger partial charge on any atom is -0.497 e.